The summed E-state index contributed by atoms with van der Waals surface area (Å²) in [6.07, 6.45) is -3.66. The highest BCUT2D eigenvalue weighted by Gasteiger charge is 2.47. The summed E-state index contributed by atoms with van der Waals surface area (Å²) in [5.41, 5.74) is 0.635. The van der Waals surface area contributed by atoms with Gasteiger partial charge in [-0.05, 0) is 29.1 Å². The van der Waals surface area contributed by atoms with Crippen LogP contribution in [0.1, 0.15) is 39.3 Å². The molecule has 1 aliphatic heterocycles. The van der Waals surface area contributed by atoms with Crippen molar-refractivity contribution in [3.8, 4) is 11.5 Å². The number of nitrogens with zero attached hydrogens (tertiary/aromatic N) is 2. The van der Waals surface area contributed by atoms with Crippen molar-refractivity contribution < 1.29 is 27.4 Å². The van der Waals surface area contributed by atoms with Gasteiger partial charge in [-0.1, -0.05) is 12.1 Å². The summed E-state index contributed by atoms with van der Waals surface area (Å²) in [5.74, 6) is 0.407. The molecule has 0 unspecified atom stereocenters. The lowest BCUT2D eigenvalue weighted by Crippen LogP contribution is -2.36. The molecule has 3 heterocycles. The number of hydrogen-bond acceptors (Lipinski definition) is 6. The summed E-state index contributed by atoms with van der Waals surface area (Å²) < 4.78 is 53.0. The molecule has 0 saturated heterocycles. The Morgan fingerprint density at radius 1 is 1.28 bits per heavy atom. The van der Waals surface area contributed by atoms with Crippen molar-refractivity contribution in [2.45, 2.75) is 31.2 Å². The number of methoxy groups -OCH3 is 2. The number of halogens is 3. The van der Waals surface area contributed by atoms with Gasteiger partial charge >= 0.3 is 6.18 Å². The molecule has 0 aliphatic carbocycles. The number of amides is 1. The van der Waals surface area contributed by atoms with Crippen LogP contribution in [0.4, 0.5) is 19.0 Å². The van der Waals surface area contributed by atoms with E-state index in [0.29, 0.717) is 17.1 Å². The van der Waals surface area contributed by atoms with Gasteiger partial charge in [-0.3, -0.25) is 4.79 Å². The highest BCUT2D eigenvalue weighted by atomic mass is 32.1. The molecule has 3 aromatic rings. The van der Waals surface area contributed by atoms with Gasteiger partial charge in [0.25, 0.3) is 5.91 Å². The van der Waals surface area contributed by atoms with E-state index in [1.165, 1.54) is 31.8 Å². The van der Waals surface area contributed by atoms with Gasteiger partial charge in [-0.2, -0.15) is 18.3 Å². The summed E-state index contributed by atoms with van der Waals surface area (Å²) >= 11 is 1.48. The van der Waals surface area contributed by atoms with E-state index in [1.54, 1.807) is 18.2 Å². The quantitative estimate of drug-likeness (QED) is 0.557. The number of aromatic nitrogens is 2. The van der Waals surface area contributed by atoms with Crippen LogP contribution in [0.5, 0.6) is 11.5 Å². The van der Waals surface area contributed by atoms with Crippen LogP contribution in [-0.4, -0.2) is 36.1 Å². The second kappa shape index (κ2) is 8.73. The number of hydrogen-bond donors (Lipinski definition) is 2. The molecule has 2 atom stereocenters. The minimum absolute atomic E-state index is 0.0297. The third kappa shape index (κ3) is 4.24. The zero-order chi connectivity index (χ0) is 22.9. The van der Waals surface area contributed by atoms with E-state index in [1.807, 2.05) is 17.5 Å². The monoisotopic (exact) mass is 466 g/mol. The maximum absolute atomic E-state index is 13.9. The molecule has 1 aliphatic rings. The molecule has 2 N–H and O–H groups in total. The minimum Gasteiger partial charge on any atom is -0.493 e. The standard InChI is InChI=1S/C21H21F3N4O3S/c1-30-16-6-5-12(8-17(16)31-2)15-9-18(21(22,23)24)28-19(27-15)14(11-26-28)20(29)25-10-13-4-3-7-32-13/h3-8,11,15,18,27H,9-10H2,1-2H3,(H,25,29)/t15-,18-/m1/s1. The molecule has 0 saturated carbocycles. The van der Waals surface area contributed by atoms with E-state index in [4.69, 9.17) is 9.47 Å². The van der Waals surface area contributed by atoms with Crippen molar-refractivity contribution in [3.05, 3.63) is 57.9 Å². The number of carbonyl (C=O) groups is 1. The number of fused-ring (bicyclic) bond motifs is 1. The van der Waals surface area contributed by atoms with Crippen LogP contribution >= 0.6 is 11.3 Å². The van der Waals surface area contributed by atoms with Gasteiger partial charge < -0.3 is 20.1 Å². The number of anilines is 1. The molecule has 4 rings (SSSR count). The molecule has 7 nitrogen and oxygen atoms in total. The molecule has 2 aromatic heterocycles. The van der Waals surface area contributed by atoms with E-state index in [-0.39, 0.29) is 24.3 Å². The normalized spacial score (nSPS) is 17.9. The molecule has 0 fully saturated rings. The lowest BCUT2D eigenvalue weighted by Gasteiger charge is -2.34. The topological polar surface area (TPSA) is 77.4 Å². The van der Waals surface area contributed by atoms with E-state index in [0.717, 1.165) is 9.56 Å². The molecule has 1 aromatic carbocycles. The number of benzene rings is 1. The van der Waals surface area contributed by atoms with Crippen molar-refractivity contribution in [3.63, 3.8) is 0 Å². The number of ether oxygens (including phenoxy) is 2. The predicted octanol–water partition coefficient (Wildman–Crippen LogP) is 4.55. The van der Waals surface area contributed by atoms with Gasteiger partial charge in [0.1, 0.15) is 11.4 Å². The van der Waals surface area contributed by atoms with Crippen LogP contribution < -0.4 is 20.1 Å². The molecular formula is C21H21F3N4O3S. The summed E-state index contributed by atoms with van der Waals surface area (Å²) in [6, 6.07) is 6.08. The molecule has 11 heteroatoms. The number of rotatable bonds is 6. The average molecular weight is 466 g/mol. The minimum atomic E-state index is -4.54. The van der Waals surface area contributed by atoms with Crippen molar-refractivity contribution in [2.24, 2.45) is 0 Å². The van der Waals surface area contributed by atoms with Gasteiger partial charge in [0.05, 0.1) is 33.0 Å². The molecule has 0 bridgehead atoms. The summed E-state index contributed by atoms with van der Waals surface area (Å²) in [4.78, 5) is 13.7. The van der Waals surface area contributed by atoms with Gasteiger partial charge in [-0.15, -0.1) is 11.3 Å². The van der Waals surface area contributed by atoms with Crippen molar-refractivity contribution >= 4 is 23.1 Å². The molecule has 0 spiro atoms. The third-order valence-corrected chi connectivity index (χ3v) is 6.17. The molecule has 170 valence electrons. The van der Waals surface area contributed by atoms with E-state index < -0.39 is 24.2 Å². The predicted molar refractivity (Wildman–Crippen MR) is 113 cm³/mol. The summed E-state index contributed by atoms with van der Waals surface area (Å²) in [7, 11) is 2.94. The van der Waals surface area contributed by atoms with Crippen molar-refractivity contribution in [1.82, 2.24) is 15.1 Å². The maximum Gasteiger partial charge on any atom is 0.410 e. The van der Waals surface area contributed by atoms with Crippen LogP contribution in [0.3, 0.4) is 0 Å². The van der Waals surface area contributed by atoms with Crippen LogP contribution in [0.2, 0.25) is 0 Å². The molecule has 0 radical (unpaired) electrons. The van der Waals surface area contributed by atoms with Crippen molar-refractivity contribution in [1.29, 1.82) is 0 Å². The second-order valence-corrected chi connectivity index (χ2v) is 8.25. The first kappa shape index (κ1) is 22.0. The smallest absolute Gasteiger partial charge is 0.410 e. The first-order chi connectivity index (χ1) is 15.3. The largest absolute Gasteiger partial charge is 0.493 e. The number of carbonyl (C=O) groups excluding carboxylic acids is 1. The number of thiophene rings is 1. The zero-order valence-electron chi connectivity index (χ0n) is 17.3. The first-order valence-electron chi connectivity index (χ1n) is 9.75. The van der Waals surface area contributed by atoms with Gasteiger partial charge in [-0.25, -0.2) is 4.68 Å². The van der Waals surface area contributed by atoms with Gasteiger partial charge in [0.15, 0.2) is 17.5 Å². The Kier molecular flexibility index (Phi) is 6.00. The molecule has 32 heavy (non-hydrogen) atoms. The number of alkyl halides is 3. The SMILES string of the molecule is COc1ccc([C@H]2C[C@H](C(F)(F)F)n3ncc(C(=O)NCc4cccs4)c3N2)cc1OC. The Morgan fingerprint density at radius 3 is 2.72 bits per heavy atom. The average Bonchev–Trinajstić information content (AvgIpc) is 3.45. The molecule has 1 amide bonds. The van der Waals surface area contributed by atoms with Crippen LogP contribution in [0.25, 0.3) is 0 Å². The van der Waals surface area contributed by atoms with Crippen LogP contribution in [0.15, 0.2) is 41.9 Å². The van der Waals surface area contributed by atoms with Gasteiger partial charge in [0.2, 0.25) is 0 Å². The Balaban J connectivity index is 1.66. The van der Waals surface area contributed by atoms with Gasteiger partial charge in [0, 0.05) is 11.3 Å². The van der Waals surface area contributed by atoms with E-state index >= 15 is 0 Å². The second-order valence-electron chi connectivity index (χ2n) is 7.22. The Morgan fingerprint density at radius 2 is 2.06 bits per heavy atom. The Bertz CT molecular complexity index is 1100. The third-order valence-electron chi connectivity index (χ3n) is 5.30. The fourth-order valence-corrected chi connectivity index (χ4v) is 4.34. The van der Waals surface area contributed by atoms with E-state index in [2.05, 4.69) is 15.7 Å². The van der Waals surface area contributed by atoms with Crippen molar-refractivity contribution in [2.75, 3.05) is 19.5 Å². The molecular weight excluding hydrogens is 445 g/mol. The zero-order valence-corrected chi connectivity index (χ0v) is 18.1. The number of nitrogens with one attached hydrogen (secondary N) is 2. The summed E-state index contributed by atoms with van der Waals surface area (Å²) in [6.45, 7) is 0.281. The van der Waals surface area contributed by atoms with E-state index in [9.17, 15) is 18.0 Å². The highest BCUT2D eigenvalue weighted by molar-refractivity contribution is 7.09. The first-order valence-corrected chi connectivity index (χ1v) is 10.6. The lowest BCUT2D eigenvalue weighted by atomic mass is 9.96. The fraction of sp³-hybridized carbons (Fsp3) is 0.333. The highest BCUT2D eigenvalue weighted by Crippen LogP contribution is 2.45. The maximum atomic E-state index is 13.9. The lowest BCUT2D eigenvalue weighted by molar-refractivity contribution is -0.173. The Labute approximate surface area is 186 Å². The van der Waals surface area contributed by atoms with Crippen LogP contribution in [-0.2, 0) is 6.54 Å². The Hall–Kier alpha value is -3.21. The fourth-order valence-electron chi connectivity index (χ4n) is 3.69. The van der Waals surface area contributed by atoms with Crippen LogP contribution in [0, 0.1) is 0 Å². The summed E-state index contributed by atoms with van der Waals surface area (Å²) in [5, 5.41) is 11.6.